The van der Waals surface area contributed by atoms with Crippen molar-refractivity contribution in [3.8, 4) is 5.75 Å². The lowest BCUT2D eigenvalue weighted by atomic mass is 9.85. The number of methoxy groups -OCH3 is 1. The molecule has 0 aromatic heterocycles. The van der Waals surface area contributed by atoms with Gasteiger partial charge in [-0.15, -0.1) is 0 Å². The molecule has 35 heavy (non-hydrogen) atoms. The summed E-state index contributed by atoms with van der Waals surface area (Å²) >= 11 is 0. The molecule has 1 aliphatic carbocycles. The van der Waals surface area contributed by atoms with E-state index in [1.165, 1.54) is 7.11 Å². The van der Waals surface area contributed by atoms with Crippen molar-refractivity contribution in [2.24, 2.45) is 0 Å². The van der Waals surface area contributed by atoms with E-state index in [4.69, 9.17) is 14.2 Å². The zero-order chi connectivity index (χ0) is 24.7. The highest BCUT2D eigenvalue weighted by molar-refractivity contribution is 5.90. The molecule has 2 aromatic carbocycles. The molecule has 188 valence electrons. The quantitative estimate of drug-likeness (QED) is 0.492. The van der Waals surface area contributed by atoms with Gasteiger partial charge < -0.3 is 19.5 Å². The Morgan fingerprint density at radius 1 is 0.971 bits per heavy atom. The monoisotopic (exact) mass is 480 g/mol. The highest BCUT2D eigenvalue weighted by Gasteiger charge is 2.52. The fourth-order valence-electron chi connectivity index (χ4n) is 4.98. The molecule has 1 heterocycles. The third kappa shape index (κ3) is 5.68. The van der Waals surface area contributed by atoms with Gasteiger partial charge in [-0.05, 0) is 68.5 Å². The van der Waals surface area contributed by atoms with Crippen LogP contribution < -0.4 is 10.1 Å². The van der Waals surface area contributed by atoms with E-state index in [2.05, 4.69) is 17.1 Å². The first-order valence-corrected chi connectivity index (χ1v) is 12.6. The molecule has 0 spiro atoms. The van der Waals surface area contributed by atoms with Crippen molar-refractivity contribution in [1.82, 2.24) is 10.2 Å². The highest BCUT2D eigenvalue weighted by atomic mass is 16.5. The van der Waals surface area contributed by atoms with Gasteiger partial charge >= 0.3 is 5.97 Å². The molecular weight excluding hydrogens is 444 g/mol. The highest BCUT2D eigenvalue weighted by Crippen LogP contribution is 2.46. The minimum Gasteiger partial charge on any atom is -0.492 e. The van der Waals surface area contributed by atoms with Crippen LogP contribution in [0.4, 0.5) is 0 Å². The second-order valence-electron chi connectivity index (χ2n) is 9.40. The third-order valence-electron chi connectivity index (χ3n) is 7.18. The van der Waals surface area contributed by atoms with Crippen LogP contribution in [0.3, 0.4) is 0 Å². The summed E-state index contributed by atoms with van der Waals surface area (Å²) in [5.41, 5.74) is 0.521. The number of nitrogens with zero attached hydrogens (tertiary/aromatic N) is 1. The number of carbonyl (C=O) groups excluding carboxylic acids is 2. The van der Waals surface area contributed by atoms with Gasteiger partial charge in [0.25, 0.3) is 0 Å². The Bertz CT molecular complexity index is 982. The lowest BCUT2D eigenvalue weighted by Crippen LogP contribution is -2.63. The average Bonchev–Trinajstić information content (AvgIpc) is 3.69. The average molecular weight is 481 g/mol. The van der Waals surface area contributed by atoms with Crippen molar-refractivity contribution in [3.63, 3.8) is 0 Å². The molecule has 7 nitrogen and oxygen atoms in total. The Morgan fingerprint density at radius 3 is 2.26 bits per heavy atom. The number of hydrogen-bond acceptors (Lipinski definition) is 6. The minimum atomic E-state index is -0.629. The number of benzene rings is 2. The first kappa shape index (κ1) is 25.2. The zero-order valence-corrected chi connectivity index (χ0v) is 20.8. The summed E-state index contributed by atoms with van der Waals surface area (Å²) in [4.78, 5) is 28.1. The maximum atomic E-state index is 14.0. The smallest absolute Gasteiger partial charge is 0.337 e. The van der Waals surface area contributed by atoms with E-state index in [-0.39, 0.29) is 17.4 Å². The van der Waals surface area contributed by atoms with Gasteiger partial charge in [-0.25, -0.2) is 4.79 Å². The molecule has 1 saturated heterocycles. The van der Waals surface area contributed by atoms with E-state index in [1.54, 1.807) is 12.1 Å². The van der Waals surface area contributed by atoms with Gasteiger partial charge in [0, 0.05) is 19.8 Å². The van der Waals surface area contributed by atoms with Crippen molar-refractivity contribution < 1.29 is 23.8 Å². The molecule has 7 heteroatoms. The Hall–Kier alpha value is -2.90. The molecule has 0 atom stereocenters. The summed E-state index contributed by atoms with van der Waals surface area (Å²) in [6.45, 7) is 5.26. The molecule has 1 amide bonds. The van der Waals surface area contributed by atoms with Crippen molar-refractivity contribution in [2.45, 2.75) is 50.1 Å². The maximum absolute atomic E-state index is 14.0. The van der Waals surface area contributed by atoms with E-state index < -0.39 is 5.54 Å². The van der Waals surface area contributed by atoms with Crippen LogP contribution in [0.25, 0.3) is 0 Å². The topological polar surface area (TPSA) is 77.1 Å². The van der Waals surface area contributed by atoms with E-state index in [1.807, 2.05) is 42.5 Å². The number of ether oxygens (including phenoxy) is 3. The summed E-state index contributed by atoms with van der Waals surface area (Å²) < 4.78 is 16.5. The standard InChI is InChI=1S/C28H36N2O5/c1-3-17-30(18-21-35-24-7-5-4-6-8-24)28(15-19-34-20-16-28)26(32)29-27(13-14-27)23-11-9-22(10-12-23)25(31)33-2/h4-12H,3,13-21H2,1-2H3,(H,29,32). The normalized spacial score (nSPS) is 18.0. The predicted molar refractivity (Wildman–Crippen MR) is 133 cm³/mol. The molecule has 1 N–H and O–H groups in total. The van der Waals surface area contributed by atoms with E-state index >= 15 is 0 Å². The fraction of sp³-hybridized carbons (Fsp3) is 0.500. The Kier molecular flexibility index (Phi) is 8.08. The molecule has 2 aliphatic rings. The lowest BCUT2D eigenvalue weighted by molar-refractivity contribution is -0.142. The number of carbonyl (C=O) groups is 2. The van der Waals surface area contributed by atoms with Crippen LogP contribution in [0.5, 0.6) is 5.75 Å². The van der Waals surface area contributed by atoms with Crippen LogP contribution >= 0.6 is 0 Å². The molecule has 2 aromatic rings. The predicted octanol–water partition coefficient (Wildman–Crippen LogP) is 3.92. The summed E-state index contributed by atoms with van der Waals surface area (Å²) in [6.07, 6.45) is 4.02. The van der Waals surface area contributed by atoms with Gasteiger partial charge in [0.15, 0.2) is 0 Å². The van der Waals surface area contributed by atoms with Crippen molar-refractivity contribution >= 4 is 11.9 Å². The second kappa shape index (κ2) is 11.2. The van der Waals surface area contributed by atoms with E-state index in [9.17, 15) is 9.59 Å². The molecule has 0 bridgehead atoms. The summed E-state index contributed by atoms with van der Waals surface area (Å²) in [5.74, 6) is 0.532. The minimum absolute atomic E-state index is 0.0588. The lowest BCUT2D eigenvalue weighted by Gasteiger charge is -2.45. The number of amides is 1. The van der Waals surface area contributed by atoms with Gasteiger partial charge in [0.05, 0.1) is 18.2 Å². The number of para-hydroxylation sites is 1. The number of esters is 1. The van der Waals surface area contributed by atoms with Crippen molar-refractivity contribution in [3.05, 3.63) is 65.7 Å². The zero-order valence-electron chi connectivity index (χ0n) is 20.8. The molecule has 4 rings (SSSR count). The van der Waals surface area contributed by atoms with Crippen molar-refractivity contribution in [1.29, 1.82) is 0 Å². The van der Waals surface area contributed by atoms with Crippen LogP contribution in [0, 0.1) is 0 Å². The van der Waals surface area contributed by atoms with E-state index in [0.717, 1.165) is 37.1 Å². The fourth-order valence-corrected chi connectivity index (χ4v) is 4.98. The SMILES string of the molecule is CCCN(CCOc1ccccc1)C1(C(=O)NC2(c3ccc(C(=O)OC)cc3)CC2)CCOCC1. The van der Waals surface area contributed by atoms with Gasteiger partial charge in [-0.3, -0.25) is 9.69 Å². The van der Waals surface area contributed by atoms with Crippen LogP contribution in [-0.4, -0.2) is 62.3 Å². The first-order chi connectivity index (χ1) is 17.0. The number of nitrogens with one attached hydrogen (secondary N) is 1. The van der Waals surface area contributed by atoms with E-state index in [0.29, 0.717) is 44.8 Å². The molecule has 1 saturated carbocycles. The van der Waals surface area contributed by atoms with Crippen LogP contribution in [-0.2, 0) is 19.8 Å². The van der Waals surface area contributed by atoms with Crippen LogP contribution in [0.15, 0.2) is 54.6 Å². The molecule has 2 fully saturated rings. The number of hydrogen-bond donors (Lipinski definition) is 1. The number of rotatable bonds is 11. The molecule has 0 unspecified atom stereocenters. The Morgan fingerprint density at radius 2 is 1.66 bits per heavy atom. The molecule has 1 aliphatic heterocycles. The summed E-state index contributed by atoms with van der Waals surface area (Å²) in [7, 11) is 1.37. The molecular formula is C28H36N2O5. The van der Waals surface area contributed by atoms with Gasteiger partial charge in [0.2, 0.25) is 5.91 Å². The molecule has 0 radical (unpaired) electrons. The van der Waals surface area contributed by atoms with Gasteiger partial charge in [-0.2, -0.15) is 0 Å². The van der Waals surface area contributed by atoms with Crippen LogP contribution in [0.1, 0.15) is 54.9 Å². The second-order valence-corrected chi connectivity index (χ2v) is 9.40. The largest absolute Gasteiger partial charge is 0.492 e. The third-order valence-corrected chi connectivity index (χ3v) is 7.18. The Balaban J connectivity index is 1.49. The van der Waals surface area contributed by atoms with Gasteiger partial charge in [0.1, 0.15) is 17.9 Å². The maximum Gasteiger partial charge on any atom is 0.337 e. The van der Waals surface area contributed by atoms with Crippen LogP contribution in [0.2, 0.25) is 0 Å². The van der Waals surface area contributed by atoms with Gasteiger partial charge in [-0.1, -0.05) is 37.3 Å². The van der Waals surface area contributed by atoms with Crippen molar-refractivity contribution in [2.75, 3.05) is 40.0 Å². The first-order valence-electron chi connectivity index (χ1n) is 12.6. The Labute approximate surface area is 207 Å². The summed E-state index contributed by atoms with van der Waals surface area (Å²) in [6, 6.07) is 17.2. The summed E-state index contributed by atoms with van der Waals surface area (Å²) in [5, 5.41) is 3.41.